The van der Waals surface area contributed by atoms with Crippen LogP contribution in [0.2, 0.25) is 0 Å². The number of unbranched alkanes of at least 4 members (excludes halogenated alkanes) is 17. The van der Waals surface area contributed by atoms with E-state index in [4.69, 9.17) is 0 Å². The van der Waals surface area contributed by atoms with Gasteiger partial charge in [0.05, 0.1) is 12.6 Å². The van der Waals surface area contributed by atoms with Crippen molar-refractivity contribution in [3.8, 4) is 0 Å². The highest BCUT2D eigenvalue weighted by Gasteiger charge is 2.12. The Morgan fingerprint density at radius 2 is 1.19 bits per heavy atom. The van der Waals surface area contributed by atoms with Crippen molar-refractivity contribution >= 4 is 5.91 Å². The van der Waals surface area contributed by atoms with Crippen LogP contribution in [0.25, 0.3) is 0 Å². The van der Waals surface area contributed by atoms with E-state index in [9.17, 15) is 9.90 Å². The van der Waals surface area contributed by atoms with Crippen LogP contribution in [0, 0.1) is 0 Å². The van der Waals surface area contributed by atoms with Crippen molar-refractivity contribution in [1.29, 1.82) is 0 Å². The zero-order valence-corrected chi connectivity index (χ0v) is 21.6. The lowest BCUT2D eigenvalue weighted by molar-refractivity contribution is -0.121. The molecule has 0 rings (SSSR count). The summed E-state index contributed by atoms with van der Waals surface area (Å²) in [5.74, 6) is 0.0255. The smallest absolute Gasteiger partial charge is 0.220 e. The maximum atomic E-state index is 12.2. The highest BCUT2D eigenvalue weighted by Crippen LogP contribution is 2.13. The third-order valence-electron chi connectivity index (χ3n) is 6.28. The van der Waals surface area contributed by atoms with Crippen molar-refractivity contribution in [2.75, 3.05) is 6.61 Å². The van der Waals surface area contributed by atoms with Gasteiger partial charge in [0.25, 0.3) is 0 Å². The van der Waals surface area contributed by atoms with Crippen LogP contribution in [0.5, 0.6) is 0 Å². The summed E-state index contributed by atoms with van der Waals surface area (Å²) in [5, 5.41) is 12.6. The molecule has 2 N–H and O–H groups in total. The van der Waals surface area contributed by atoms with E-state index in [1.54, 1.807) is 0 Å². The minimum atomic E-state index is -0.361. The largest absolute Gasteiger partial charge is 0.394 e. The quantitative estimate of drug-likeness (QED) is 0.115. The van der Waals surface area contributed by atoms with Crippen molar-refractivity contribution < 1.29 is 9.90 Å². The van der Waals surface area contributed by atoms with Crippen LogP contribution in [0.1, 0.15) is 142 Å². The van der Waals surface area contributed by atoms with Crippen LogP contribution in [-0.4, -0.2) is 23.7 Å². The summed E-state index contributed by atoms with van der Waals surface area (Å²) in [7, 11) is 0. The van der Waals surface area contributed by atoms with E-state index < -0.39 is 0 Å². The van der Waals surface area contributed by atoms with Gasteiger partial charge in [0.2, 0.25) is 5.91 Å². The molecule has 32 heavy (non-hydrogen) atoms. The molecule has 0 aromatic carbocycles. The Labute approximate surface area is 200 Å². The Kier molecular flexibility index (Phi) is 23.7. The van der Waals surface area contributed by atoms with E-state index in [0.29, 0.717) is 6.42 Å². The van der Waals surface area contributed by atoms with Gasteiger partial charge in [-0.3, -0.25) is 4.79 Å². The number of amides is 1. The molecule has 0 aromatic heterocycles. The third-order valence-corrected chi connectivity index (χ3v) is 6.28. The summed E-state index contributed by atoms with van der Waals surface area (Å²) in [6.45, 7) is 8.45. The fourth-order valence-corrected chi connectivity index (χ4v) is 4.04. The standard InChI is InChI=1S/C29H55NO2/c1-4-6-8-10-12-13-14-15-16-17-19-20-22-24-27(3)28(26-31)30-29(32)25-23-21-18-11-9-7-5-2/h22,24,28,31H,3-21,23,25-26H2,1-2H3,(H,30,32)/b24-22+/t28-/m0/s1. The van der Waals surface area contributed by atoms with Gasteiger partial charge in [0.15, 0.2) is 0 Å². The monoisotopic (exact) mass is 449 g/mol. The lowest BCUT2D eigenvalue weighted by Crippen LogP contribution is -2.38. The average Bonchev–Trinajstić information content (AvgIpc) is 2.79. The highest BCUT2D eigenvalue weighted by molar-refractivity contribution is 5.76. The molecule has 0 aliphatic heterocycles. The van der Waals surface area contributed by atoms with Gasteiger partial charge in [-0.25, -0.2) is 0 Å². The molecule has 3 heteroatoms. The second-order valence-electron chi connectivity index (χ2n) is 9.48. The molecule has 188 valence electrons. The van der Waals surface area contributed by atoms with Gasteiger partial charge in [-0.15, -0.1) is 0 Å². The zero-order valence-electron chi connectivity index (χ0n) is 21.6. The number of hydrogen-bond donors (Lipinski definition) is 2. The minimum Gasteiger partial charge on any atom is -0.394 e. The molecule has 0 aliphatic carbocycles. The number of allylic oxidation sites excluding steroid dienone is 1. The zero-order chi connectivity index (χ0) is 23.7. The number of hydrogen-bond acceptors (Lipinski definition) is 2. The predicted molar refractivity (Wildman–Crippen MR) is 141 cm³/mol. The van der Waals surface area contributed by atoms with Gasteiger partial charge < -0.3 is 10.4 Å². The van der Waals surface area contributed by atoms with E-state index in [1.165, 1.54) is 103 Å². The molecule has 0 saturated heterocycles. The number of carbonyl (C=O) groups excluding carboxylic acids is 1. The molecule has 0 bridgehead atoms. The molecule has 0 spiro atoms. The molecule has 3 nitrogen and oxygen atoms in total. The summed E-state index contributed by atoms with van der Waals surface area (Å²) in [6, 6.07) is -0.361. The molecule has 0 saturated carbocycles. The molecule has 1 amide bonds. The van der Waals surface area contributed by atoms with Crippen molar-refractivity contribution in [2.45, 2.75) is 148 Å². The van der Waals surface area contributed by atoms with Crippen LogP contribution in [0.4, 0.5) is 0 Å². The van der Waals surface area contributed by atoms with Crippen molar-refractivity contribution in [3.63, 3.8) is 0 Å². The first kappa shape index (κ1) is 30.9. The van der Waals surface area contributed by atoms with E-state index in [0.717, 1.165) is 24.8 Å². The third kappa shape index (κ3) is 20.8. The lowest BCUT2D eigenvalue weighted by Gasteiger charge is -2.17. The van der Waals surface area contributed by atoms with Crippen LogP contribution < -0.4 is 5.32 Å². The van der Waals surface area contributed by atoms with E-state index in [-0.39, 0.29) is 18.6 Å². The molecule has 0 heterocycles. The Hall–Kier alpha value is -1.09. The van der Waals surface area contributed by atoms with Crippen molar-refractivity contribution in [1.82, 2.24) is 5.32 Å². The van der Waals surface area contributed by atoms with Gasteiger partial charge in [0, 0.05) is 6.42 Å². The second-order valence-corrected chi connectivity index (χ2v) is 9.48. The van der Waals surface area contributed by atoms with E-state index in [2.05, 4.69) is 31.8 Å². The van der Waals surface area contributed by atoms with Crippen LogP contribution >= 0.6 is 0 Å². The first-order valence-electron chi connectivity index (χ1n) is 13.9. The Morgan fingerprint density at radius 1 is 0.750 bits per heavy atom. The Balaban J connectivity index is 3.71. The van der Waals surface area contributed by atoms with Gasteiger partial charge >= 0.3 is 0 Å². The average molecular weight is 450 g/mol. The molecule has 1 atom stereocenters. The van der Waals surface area contributed by atoms with Gasteiger partial charge in [0.1, 0.15) is 0 Å². The molecule has 0 radical (unpaired) electrons. The highest BCUT2D eigenvalue weighted by atomic mass is 16.3. The number of aliphatic hydroxyl groups is 1. The summed E-state index contributed by atoms with van der Waals surface area (Å²) < 4.78 is 0. The maximum absolute atomic E-state index is 12.2. The number of carbonyl (C=O) groups is 1. The summed E-state index contributed by atoms with van der Waals surface area (Å²) in [5.41, 5.74) is 0.795. The van der Waals surface area contributed by atoms with Gasteiger partial charge in [-0.2, -0.15) is 0 Å². The first-order chi connectivity index (χ1) is 15.7. The molecule has 0 aromatic rings. The number of nitrogens with one attached hydrogen (secondary N) is 1. The Bertz CT molecular complexity index is 458. The van der Waals surface area contributed by atoms with Crippen LogP contribution in [-0.2, 0) is 4.79 Å². The fourth-order valence-electron chi connectivity index (χ4n) is 4.04. The molecular formula is C29H55NO2. The number of aliphatic hydroxyl groups excluding tert-OH is 1. The summed E-state index contributed by atoms with van der Waals surface area (Å²) in [4.78, 5) is 12.2. The Morgan fingerprint density at radius 3 is 1.66 bits per heavy atom. The topological polar surface area (TPSA) is 49.3 Å². The van der Waals surface area contributed by atoms with E-state index >= 15 is 0 Å². The number of rotatable bonds is 24. The van der Waals surface area contributed by atoms with Gasteiger partial charge in [-0.1, -0.05) is 135 Å². The first-order valence-corrected chi connectivity index (χ1v) is 13.9. The maximum Gasteiger partial charge on any atom is 0.220 e. The normalized spacial score (nSPS) is 12.3. The second kappa shape index (κ2) is 24.6. The molecule has 0 aliphatic rings. The molecular weight excluding hydrogens is 394 g/mol. The predicted octanol–water partition coefficient (Wildman–Crippen LogP) is 8.42. The lowest BCUT2D eigenvalue weighted by atomic mass is 10.0. The summed E-state index contributed by atoms with van der Waals surface area (Å²) >= 11 is 0. The molecule has 0 fully saturated rings. The van der Waals surface area contributed by atoms with Crippen molar-refractivity contribution in [3.05, 3.63) is 24.3 Å². The van der Waals surface area contributed by atoms with E-state index in [1.807, 2.05) is 6.08 Å². The summed E-state index contributed by atoms with van der Waals surface area (Å²) in [6.07, 6.45) is 29.0. The van der Waals surface area contributed by atoms with Crippen molar-refractivity contribution in [2.24, 2.45) is 0 Å². The van der Waals surface area contributed by atoms with Crippen LogP contribution in [0.3, 0.4) is 0 Å². The molecule has 0 unspecified atom stereocenters. The minimum absolute atomic E-state index is 0.0255. The fraction of sp³-hybridized carbons (Fsp3) is 0.828. The van der Waals surface area contributed by atoms with Crippen LogP contribution in [0.15, 0.2) is 24.3 Å². The van der Waals surface area contributed by atoms with Gasteiger partial charge in [-0.05, 0) is 24.8 Å². The SMILES string of the molecule is C=C(/C=C/CCCCCCCCCCCCC)[C@H](CO)NC(=O)CCCCCCCCC.